The molecule has 2 aromatic heterocycles. The highest BCUT2D eigenvalue weighted by atomic mass is 79.9. The third-order valence-electron chi connectivity index (χ3n) is 3.65. The number of halogens is 1. The molecule has 4 nitrogen and oxygen atoms in total. The van der Waals surface area contributed by atoms with Crippen LogP contribution < -0.4 is 5.32 Å². The van der Waals surface area contributed by atoms with Gasteiger partial charge in [0.25, 0.3) is 0 Å². The minimum absolute atomic E-state index is 0.484. The molecule has 0 aliphatic carbocycles. The first-order valence-electron chi connectivity index (χ1n) is 7.00. The number of nitrogens with zero attached hydrogens (tertiary/aromatic N) is 2. The number of pyridine rings is 1. The Morgan fingerprint density at radius 1 is 1.40 bits per heavy atom. The van der Waals surface area contributed by atoms with Gasteiger partial charge in [-0.25, -0.2) is 9.97 Å². The van der Waals surface area contributed by atoms with E-state index >= 15 is 0 Å². The summed E-state index contributed by atoms with van der Waals surface area (Å²) in [7, 11) is 0. The van der Waals surface area contributed by atoms with E-state index in [0.29, 0.717) is 6.04 Å². The molecule has 0 bridgehead atoms. The van der Waals surface area contributed by atoms with E-state index in [1.807, 2.05) is 6.07 Å². The molecule has 3 rings (SSSR count). The summed E-state index contributed by atoms with van der Waals surface area (Å²) in [6.45, 7) is 0. The molecule has 0 aromatic carbocycles. The fraction of sp³-hybridized carbons (Fsp3) is 0.500. The van der Waals surface area contributed by atoms with Crippen LogP contribution in [-0.2, 0) is 6.42 Å². The van der Waals surface area contributed by atoms with Gasteiger partial charge in [0.2, 0.25) is 0 Å². The SMILES string of the molecule is S=C1CCCCC(CCc2nc3ncc(Br)cc3[nH]2)N1. The molecule has 1 atom stereocenters. The fourth-order valence-corrected chi connectivity index (χ4v) is 3.26. The van der Waals surface area contributed by atoms with Crippen molar-refractivity contribution in [2.45, 2.75) is 44.6 Å². The number of rotatable bonds is 3. The average Bonchev–Trinajstić information content (AvgIpc) is 2.70. The predicted molar refractivity (Wildman–Crippen MR) is 87.9 cm³/mol. The Morgan fingerprint density at radius 2 is 2.30 bits per heavy atom. The second-order valence-corrected chi connectivity index (χ2v) is 6.67. The van der Waals surface area contributed by atoms with Gasteiger partial charge in [-0.3, -0.25) is 0 Å². The smallest absolute Gasteiger partial charge is 0.177 e. The Kier molecular flexibility index (Phi) is 4.31. The van der Waals surface area contributed by atoms with Crippen LogP contribution in [0.25, 0.3) is 11.2 Å². The summed E-state index contributed by atoms with van der Waals surface area (Å²) in [4.78, 5) is 13.2. The van der Waals surface area contributed by atoms with E-state index in [2.05, 4.69) is 36.2 Å². The van der Waals surface area contributed by atoms with Crippen molar-refractivity contribution >= 4 is 44.3 Å². The molecule has 1 aliphatic heterocycles. The van der Waals surface area contributed by atoms with Crippen molar-refractivity contribution in [1.82, 2.24) is 20.3 Å². The van der Waals surface area contributed by atoms with Crippen LogP contribution in [0.5, 0.6) is 0 Å². The number of aromatic nitrogens is 3. The summed E-state index contributed by atoms with van der Waals surface area (Å²) >= 11 is 8.74. The predicted octanol–water partition coefficient (Wildman–Crippen LogP) is 3.51. The number of hydrogen-bond donors (Lipinski definition) is 2. The van der Waals surface area contributed by atoms with Crippen LogP contribution in [-0.4, -0.2) is 26.0 Å². The van der Waals surface area contributed by atoms with Crippen LogP contribution in [0.15, 0.2) is 16.7 Å². The van der Waals surface area contributed by atoms with Gasteiger partial charge in [-0.15, -0.1) is 0 Å². The molecule has 6 heteroatoms. The first-order chi connectivity index (χ1) is 9.70. The standard InChI is InChI=1S/C14H17BrN4S/c15-9-7-11-14(16-8-9)19-12(18-11)6-5-10-3-1-2-4-13(20)17-10/h7-8,10H,1-6H2,(H,17,20)(H,16,18,19). The van der Waals surface area contributed by atoms with Crippen molar-refractivity contribution in [1.29, 1.82) is 0 Å². The summed E-state index contributed by atoms with van der Waals surface area (Å²) in [6.07, 6.45) is 8.46. The van der Waals surface area contributed by atoms with Gasteiger partial charge in [-0.05, 0) is 47.7 Å². The zero-order valence-electron chi connectivity index (χ0n) is 11.2. The van der Waals surface area contributed by atoms with Gasteiger partial charge in [0.15, 0.2) is 5.65 Å². The first kappa shape index (κ1) is 13.9. The lowest BCUT2D eigenvalue weighted by Gasteiger charge is -2.16. The molecule has 1 fully saturated rings. The summed E-state index contributed by atoms with van der Waals surface area (Å²) in [5, 5.41) is 3.46. The Bertz CT molecular complexity index is 625. The molecule has 106 valence electrons. The number of nitrogens with one attached hydrogen (secondary N) is 2. The number of aryl methyl sites for hydroxylation is 1. The number of H-pyrrole nitrogens is 1. The first-order valence-corrected chi connectivity index (χ1v) is 8.20. The lowest BCUT2D eigenvalue weighted by Crippen LogP contribution is -2.32. The normalized spacial score (nSPS) is 19.9. The van der Waals surface area contributed by atoms with Gasteiger partial charge in [0.05, 0.1) is 10.5 Å². The van der Waals surface area contributed by atoms with Crippen LogP contribution in [0.3, 0.4) is 0 Å². The maximum Gasteiger partial charge on any atom is 0.177 e. The topological polar surface area (TPSA) is 53.6 Å². The highest BCUT2D eigenvalue weighted by molar-refractivity contribution is 9.10. The Morgan fingerprint density at radius 3 is 3.20 bits per heavy atom. The lowest BCUT2D eigenvalue weighted by atomic mass is 10.1. The summed E-state index contributed by atoms with van der Waals surface area (Å²) in [5.41, 5.74) is 1.77. The molecule has 2 N–H and O–H groups in total. The molecular weight excluding hydrogens is 336 g/mol. The molecule has 1 unspecified atom stereocenters. The molecule has 0 radical (unpaired) electrons. The number of imidazole rings is 1. The molecule has 1 saturated heterocycles. The van der Waals surface area contributed by atoms with Gasteiger partial charge in [-0.2, -0.15) is 0 Å². The molecule has 0 amide bonds. The fourth-order valence-electron chi connectivity index (χ4n) is 2.62. The van der Waals surface area contributed by atoms with Gasteiger partial charge in [0, 0.05) is 23.1 Å². The summed E-state index contributed by atoms with van der Waals surface area (Å²) < 4.78 is 0.969. The average molecular weight is 353 g/mol. The van der Waals surface area contributed by atoms with Crippen molar-refractivity contribution in [3.63, 3.8) is 0 Å². The molecule has 20 heavy (non-hydrogen) atoms. The zero-order chi connectivity index (χ0) is 13.9. The summed E-state index contributed by atoms with van der Waals surface area (Å²) in [5.74, 6) is 1.00. The number of aromatic amines is 1. The monoisotopic (exact) mass is 352 g/mol. The zero-order valence-corrected chi connectivity index (χ0v) is 13.6. The van der Waals surface area contributed by atoms with E-state index in [4.69, 9.17) is 12.2 Å². The van der Waals surface area contributed by atoms with Gasteiger partial charge in [-0.1, -0.05) is 18.6 Å². The lowest BCUT2D eigenvalue weighted by molar-refractivity contribution is 0.513. The van der Waals surface area contributed by atoms with E-state index in [1.54, 1.807) is 6.20 Å². The molecule has 1 aliphatic rings. The van der Waals surface area contributed by atoms with Gasteiger partial charge < -0.3 is 10.3 Å². The second-order valence-electron chi connectivity index (χ2n) is 5.26. The highest BCUT2D eigenvalue weighted by Crippen LogP contribution is 2.17. The highest BCUT2D eigenvalue weighted by Gasteiger charge is 2.15. The van der Waals surface area contributed by atoms with Crippen molar-refractivity contribution in [2.75, 3.05) is 0 Å². The quantitative estimate of drug-likeness (QED) is 0.830. The van der Waals surface area contributed by atoms with E-state index < -0.39 is 0 Å². The largest absolute Gasteiger partial charge is 0.377 e. The number of hydrogen-bond acceptors (Lipinski definition) is 3. The van der Waals surface area contributed by atoms with Crippen LogP contribution in [0.2, 0.25) is 0 Å². The number of fused-ring (bicyclic) bond motifs is 1. The maximum absolute atomic E-state index is 5.32. The van der Waals surface area contributed by atoms with Crippen molar-refractivity contribution in [2.24, 2.45) is 0 Å². The van der Waals surface area contributed by atoms with E-state index in [0.717, 1.165) is 45.7 Å². The Balaban J connectivity index is 1.65. The third kappa shape index (κ3) is 3.35. The second kappa shape index (κ2) is 6.18. The molecule has 3 heterocycles. The van der Waals surface area contributed by atoms with E-state index in [1.165, 1.54) is 19.3 Å². The third-order valence-corrected chi connectivity index (χ3v) is 4.41. The minimum Gasteiger partial charge on any atom is -0.377 e. The maximum atomic E-state index is 5.32. The van der Waals surface area contributed by atoms with Crippen molar-refractivity contribution in [3.8, 4) is 0 Å². The van der Waals surface area contributed by atoms with Crippen molar-refractivity contribution in [3.05, 3.63) is 22.6 Å². The van der Waals surface area contributed by atoms with Crippen molar-refractivity contribution < 1.29 is 0 Å². The minimum atomic E-state index is 0.484. The molecular formula is C14H17BrN4S. The molecule has 2 aromatic rings. The van der Waals surface area contributed by atoms with Crippen LogP contribution >= 0.6 is 28.1 Å². The van der Waals surface area contributed by atoms with Gasteiger partial charge in [0.1, 0.15) is 5.82 Å². The van der Waals surface area contributed by atoms with Crippen LogP contribution in [0.1, 0.15) is 37.9 Å². The Hall–Kier alpha value is -1.01. The molecule has 0 spiro atoms. The van der Waals surface area contributed by atoms with Crippen LogP contribution in [0, 0.1) is 0 Å². The van der Waals surface area contributed by atoms with E-state index in [-0.39, 0.29) is 0 Å². The van der Waals surface area contributed by atoms with Crippen LogP contribution in [0.4, 0.5) is 0 Å². The van der Waals surface area contributed by atoms with Gasteiger partial charge >= 0.3 is 0 Å². The number of thiocarbonyl (C=S) groups is 1. The molecule has 0 saturated carbocycles. The van der Waals surface area contributed by atoms with E-state index in [9.17, 15) is 0 Å². The summed E-state index contributed by atoms with van der Waals surface area (Å²) in [6, 6.07) is 2.50. The Labute approximate surface area is 131 Å².